The van der Waals surface area contributed by atoms with E-state index in [1.54, 1.807) is 0 Å². The van der Waals surface area contributed by atoms with Gasteiger partial charge < -0.3 is 5.73 Å². The second-order valence-electron chi connectivity index (χ2n) is 5.16. The lowest BCUT2D eigenvalue weighted by molar-refractivity contribution is 0.533. The number of hydrogen-bond acceptors (Lipinski definition) is 3. The molecule has 0 atom stereocenters. The fourth-order valence-electron chi connectivity index (χ4n) is 1.88. The molecular formula is C11H19N5. The van der Waals surface area contributed by atoms with Gasteiger partial charge in [-0.2, -0.15) is 10.2 Å². The topological polar surface area (TPSA) is 72.5 Å². The molecule has 2 aromatic heterocycles. The van der Waals surface area contributed by atoms with E-state index in [-0.39, 0.29) is 5.41 Å². The smallest absolute Gasteiger partial charge is 0.182 e. The lowest BCUT2D eigenvalue weighted by atomic mass is 9.91. The Bertz CT molecular complexity index is 500. The molecule has 5 heteroatoms. The van der Waals surface area contributed by atoms with Crippen LogP contribution in [0.25, 0.3) is 11.0 Å². The van der Waals surface area contributed by atoms with Crippen LogP contribution < -0.4 is 5.73 Å². The SMILES string of the molecule is CCCn1nc(C(C)(C)C)c2c(N)[nH]nc21. The minimum atomic E-state index is -0.0186. The van der Waals surface area contributed by atoms with Gasteiger partial charge in [-0.3, -0.25) is 5.10 Å². The first kappa shape index (κ1) is 11.0. The van der Waals surface area contributed by atoms with E-state index in [9.17, 15) is 0 Å². The number of aromatic amines is 1. The molecule has 0 aliphatic heterocycles. The fraction of sp³-hybridized carbons (Fsp3) is 0.636. The molecule has 2 aromatic rings. The summed E-state index contributed by atoms with van der Waals surface area (Å²) in [7, 11) is 0. The number of rotatable bonds is 2. The highest BCUT2D eigenvalue weighted by atomic mass is 15.3. The van der Waals surface area contributed by atoms with E-state index in [1.165, 1.54) is 0 Å². The third-order valence-electron chi connectivity index (χ3n) is 2.62. The molecule has 0 saturated carbocycles. The Morgan fingerprint density at radius 3 is 2.62 bits per heavy atom. The van der Waals surface area contributed by atoms with Gasteiger partial charge in [-0.25, -0.2) is 4.68 Å². The van der Waals surface area contributed by atoms with Crippen LogP contribution in [0.5, 0.6) is 0 Å². The summed E-state index contributed by atoms with van der Waals surface area (Å²) in [4.78, 5) is 0. The third-order valence-corrected chi connectivity index (χ3v) is 2.62. The van der Waals surface area contributed by atoms with Crippen molar-refractivity contribution < 1.29 is 0 Å². The molecule has 0 aliphatic carbocycles. The first-order valence-electron chi connectivity index (χ1n) is 5.66. The standard InChI is InChI=1S/C11H19N5/c1-5-6-16-10-7(9(12)13-14-10)8(15-16)11(2,3)4/h5-6H2,1-4H3,(H3,12,13,14). The van der Waals surface area contributed by atoms with Crippen molar-refractivity contribution in [3.8, 4) is 0 Å². The Morgan fingerprint density at radius 2 is 2.06 bits per heavy atom. The largest absolute Gasteiger partial charge is 0.383 e. The van der Waals surface area contributed by atoms with E-state index in [4.69, 9.17) is 5.73 Å². The first-order chi connectivity index (χ1) is 7.45. The quantitative estimate of drug-likeness (QED) is 0.815. The van der Waals surface area contributed by atoms with Crippen molar-refractivity contribution in [2.75, 3.05) is 5.73 Å². The number of hydrogen-bond donors (Lipinski definition) is 2. The van der Waals surface area contributed by atoms with Crippen molar-refractivity contribution in [1.29, 1.82) is 0 Å². The first-order valence-corrected chi connectivity index (χ1v) is 5.66. The zero-order chi connectivity index (χ0) is 11.9. The molecule has 0 aliphatic rings. The van der Waals surface area contributed by atoms with Crippen LogP contribution in [0.15, 0.2) is 0 Å². The number of fused-ring (bicyclic) bond motifs is 1. The molecule has 0 spiro atoms. The van der Waals surface area contributed by atoms with Gasteiger partial charge in [0.2, 0.25) is 0 Å². The Morgan fingerprint density at radius 1 is 1.38 bits per heavy atom. The van der Waals surface area contributed by atoms with Gasteiger partial charge in [0.25, 0.3) is 0 Å². The van der Waals surface area contributed by atoms with Gasteiger partial charge in [-0.05, 0) is 6.42 Å². The van der Waals surface area contributed by atoms with Crippen LogP contribution in [0.4, 0.5) is 5.82 Å². The molecule has 16 heavy (non-hydrogen) atoms. The number of anilines is 1. The van der Waals surface area contributed by atoms with Crippen LogP contribution in [0.3, 0.4) is 0 Å². The summed E-state index contributed by atoms with van der Waals surface area (Å²) in [6.45, 7) is 9.41. The van der Waals surface area contributed by atoms with Gasteiger partial charge in [0.15, 0.2) is 5.65 Å². The van der Waals surface area contributed by atoms with E-state index in [1.807, 2.05) is 4.68 Å². The predicted molar refractivity (Wildman–Crippen MR) is 65.3 cm³/mol. The molecule has 3 N–H and O–H groups in total. The van der Waals surface area contributed by atoms with Crippen LogP contribution in [0.2, 0.25) is 0 Å². The zero-order valence-corrected chi connectivity index (χ0v) is 10.3. The highest BCUT2D eigenvalue weighted by Crippen LogP contribution is 2.31. The minimum absolute atomic E-state index is 0.0186. The van der Waals surface area contributed by atoms with Gasteiger partial charge >= 0.3 is 0 Å². The second-order valence-corrected chi connectivity index (χ2v) is 5.16. The van der Waals surface area contributed by atoms with Gasteiger partial charge in [-0.1, -0.05) is 27.7 Å². The van der Waals surface area contributed by atoms with Crippen molar-refractivity contribution >= 4 is 16.9 Å². The summed E-state index contributed by atoms with van der Waals surface area (Å²) in [5, 5.41) is 12.7. The van der Waals surface area contributed by atoms with Crippen LogP contribution in [-0.2, 0) is 12.0 Å². The van der Waals surface area contributed by atoms with Gasteiger partial charge in [0, 0.05) is 12.0 Å². The average Bonchev–Trinajstić information content (AvgIpc) is 2.69. The van der Waals surface area contributed by atoms with E-state index in [0.717, 1.165) is 29.7 Å². The number of aryl methyl sites for hydroxylation is 1. The van der Waals surface area contributed by atoms with Crippen molar-refractivity contribution in [2.45, 2.75) is 46.1 Å². The molecule has 0 radical (unpaired) electrons. The molecule has 0 fully saturated rings. The Balaban J connectivity index is 2.69. The Kier molecular flexibility index (Phi) is 2.40. The van der Waals surface area contributed by atoms with Crippen LogP contribution in [-0.4, -0.2) is 20.0 Å². The number of nitrogens with two attached hydrogens (primary N) is 1. The maximum absolute atomic E-state index is 5.91. The summed E-state index contributed by atoms with van der Waals surface area (Å²) in [5.74, 6) is 0.613. The summed E-state index contributed by atoms with van der Waals surface area (Å²) >= 11 is 0. The Hall–Kier alpha value is -1.52. The molecule has 2 rings (SSSR count). The van der Waals surface area contributed by atoms with E-state index in [2.05, 4.69) is 43.0 Å². The normalized spacial score (nSPS) is 12.5. The molecule has 0 saturated heterocycles. The van der Waals surface area contributed by atoms with E-state index in [0.29, 0.717) is 5.82 Å². The minimum Gasteiger partial charge on any atom is -0.383 e. The van der Waals surface area contributed by atoms with Crippen molar-refractivity contribution in [1.82, 2.24) is 20.0 Å². The summed E-state index contributed by atoms with van der Waals surface area (Å²) < 4.78 is 1.93. The maximum Gasteiger partial charge on any atom is 0.182 e. The van der Waals surface area contributed by atoms with Crippen LogP contribution >= 0.6 is 0 Å². The van der Waals surface area contributed by atoms with Crippen molar-refractivity contribution in [3.05, 3.63) is 5.69 Å². The molecule has 5 nitrogen and oxygen atoms in total. The average molecular weight is 221 g/mol. The maximum atomic E-state index is 5.91. The lowest BCUT2D eigenvalue weighted by Crippen LogP contribution is -2.14. The van der Waals surface area contributed by atoms with Crippen LogP contribution in [0.1, 0.15) is 39.8 Å². The van der Waals surface area contributed by atoms with Gasteiger partial charge in [0.1, 0.15) is 5.82 Å². The molecule has 0 bridgehead atoms. The van der Waals surface area contributed by atoms with E-state index < -0.39 is 0 Å². The molecule has 2 heterocycles. The number of nitrogen functional groups attached to an aromatic ring is 1. The predicted octanol–water partition coefficient (Wildman–Crippen LogP) is 2.05. The highest BCUT2D eigenvalue weighted by molar-refractivity contribution is 5.89. The zero-order valence-electron chi connectivity index (χ0n) is 10.3. The van der Waals surface area contributed by atoms with E-state index >= 15 is 0 Å². The number of nitrogens with zero attached hydrogens (tertiary/aromatic N) is 3. The summed E-state index contributed by atoms with van der Waals surface area (Å²) in [6.07, 6.45) is 1.03. The van der Waals surface area contributed by atoms with Gasteiger partial charge in [0.05, 0.1) is 11.1 Å². The summed E-state index contributed by atoms with van der Waals surface area (Å²) in [5.41, 5.74) is 7.77. The number of aromatic nitrogens is 4. The third kappa shape index (κ3) is 1.56. The second kappa shape index (κ2) is 3.50. The highest BCUT2D eigenvalue weighted by Gasteiger charge is 2.25. The van der Waals surface area contributed by atoms with Crippen molar-refractivity contribution in [3.63, 3.8) is 0 Å². The lowest BCUT2D eigenvalue weighted by Gasteiger charge is -2.15. The number of nitrogens with one attached hydrogen (secondary N) is 1. The molecule has 88 valence electrons. The van der Waals surface area contributed by atoms with Crippen LogP contribution in [0, 0.1) is 0 Å². The fourth-order valence-corrected chi connectivity index (χ4v) is 1.88. The molecular weight excluding hydrogens is 202 g/mol. The monoisotopic (exact) mass is 221 g/mol. The molecule has 0 amide bonds. The summed E-state index contributed by atoms with van der Waals surface area (Å²) in [6, 6.07) is 0. The molecule has 0 aromatic carbocycles. The number of H-pyrrole nitrogens is 1. The van der Waals surface area contributed by atoms with Crippen molar-refractivity contribution in [2.24, 2.45) is 0 Å². The molecule has 0 unspecified atom stereocenters. The van der Waals surface area contributed by atoms with Gasteiger partial charge in [-0.15, -0.1) is 0 Å². The Labute approximate surface area is 95.0 Å².